The van der Waals surface area contributed by atoms with Crippen molar-refractivity contribution in [2.45, 2.75) is 31.8 Å². The quantitative estimate of drug-likeness (QED) is 0.690. The highest BCUT2D eigenvalue weighted by Crippen LogP contribution is 2.37. The van der Waals surface area contributed by atoms with Gasteiger partial charge in [-0.15, -0.1) is 0 Å². The molecule has 81 valence electrons. The van der Waals surface area contributed by atoms with Gasteiger partial charge in [0.15, 0.2) is 5.79 Å². The first-order valence-electron chi connectivity index (χ1n) is 4.64. The van der Waals surface area contributed by atoms with Crippen molar-refractivity contribution in [3.63, 3.8) is 0 Å². The molecule has 2 heterocycles. The van der Waals surface area contributed by atoms with Crippen molar-refractivity contribution < 1.29 is 9.47 Å². The molecule has 4 nitrogen and oxygen atoms in total. The Kier molecular flexibility index (Phi) is 2.66. The van der Waals surface area contributed by atoms with E-state index in [1.807, 2.05) is 13.8 Å². The van der Waals surface area contributed by atoms with Crippen molar-refractivity contribution >= 4 is 11.6 Å². The molecule has 2 rings (SSSR count). The summed E-state index contributed by atoms with van der Waals surface area (Å²) in [5.41, 5.74) is 0.824. The van der Waals surface area contributed by atoms with Crippen LogP contribution in [0.3, 0.4) is 0 Å². The number of aromatic nitrogens is 2. The minimum atomic E-state index is -0.614. The number of hydrogen-bond acceptors (Lipinski definition) is 4. The second-order valence-corrected chi connectivity index (χ2v) is 4.22. The van der Waals surface area contributed by atoms with Gasteiger partial charge in [0.2, 0.25) is 5.28 Å². The van der Waals surface area contributed by atoms with Crippen LogP contribution in [-0.2, 0) is 9.47 Å². The van der Waals surface area contributed by atoms with Gasteiger partial charge in [0.25, 0.3) is 0 Å². The lowest BCUT2D eigenvalue weighted by Crippen LogP contribution is -2.20. The van der Waals surface area contributed by atoms with Gasteiger partial charge in [0.1, 0.15) is 6.10 Å². The minimum absolute atomic E-state index is 0.220. The average Bonchev–Trinajstić information content (AvgIpc) is 2.41. The molecule has 1 aromatic heterocycles. The Morgan fingerprint density at radius 1 is 1.33 bits per heavy atom. The fraction of sp³-hybridized carbons (Fsp3) is 0.500. The van der Waals surface area contributed by atoms with Crippen molar-refractivity contribution in [1.82, 2.24) is 9.97 Å². The van der Waals surface area contributed by atoms with E-state index in [0.717, 1.165) is 5.56 Å². The number of rotatable bonds is 1. The van der Waals surface area contributed by atoms with Gasteiger partial charge in [-0.3, -0.25) is 0 Å². The molecular weight excluding hydrogens is 216 g/mol. The van der Waals surface area contributed by atoms with E-state index in [1.54, 1.807) is 12.4 Å². The molecule has 2 atom stereocenters. The Morgan fingerprint density at radius 2 is 1.93 bits per heavy atom. The molecule has 1 saturated heterocycles. The predicted octanol–water partition coefficient (Wildman–Crippen LogP) is 2.16. The van der Waals surface area contributed by atoms with E-state index in [0.29, 0.717) is 0 Å². The second-order valence-electron chi connectivity index (χ2n) is 3.88. The summed E-state index contributed by atoms with van der Waals surface area (Å²) in [4.78, 5) is 7.79. The second kappa shape index (κ2) is 3.70. The number of nitrogens with zero attached hydrogens (tertiary/aromatic N) is 2. The van der Waals surface area contributed by atoms with Gasteiger partial charge < -0.3 is 9.47 Å². The zero-order chi connectivity index (χ0) is 11.1. The molecule has 0 aromatic carbocycles. The van der Waals surface area contributed by atoms with Crippen LogP contribution in [0.4, 0.5) is 0 Å². The Bertz CT molecular complexity index is 353. The van der Waals surface area contributed by atoms with E-state index in [4.69, 9.17) is 21.1 Å². The third-order valence-corrected chi connectivity index (χ3v) is 2.35. The van der Waals surface area contributed by atoms with E-state index in [2.05, 4.69) is 16.9 Å². The maximum atomic E-state index is 5.68. The summed E-state index contributed by atoms with van der Waals surface area (Å²) in [7, 11) is 0. The van der Waals surface area contributed by atoms with Crippen molar-refractivity contribution in [3.8, 4) is 0 Å². The maximum Gasteiger partial charge on any atom is 0.222 e. The summed E-state index contributed by atoms with van der Waals surface area (Å²) in [6.45, 7) is 7.58. The summed E-state index contributed by atoms with van der Waals surface area (Å²) in [6.07, 6.45) is 2.76. The summed E-state index contributed by atoms with van der Waals surface area (Å²) in [6, 6.07) is 0. The van der Waals surface area contributed by atoms with Crippen molar-refractivity contribution in [3.05, 3.63) is 30.2 Å². The zero-order valence-corrected chi connectivity index (χ0v) is 9.36. The lowest BCUT2D eigenvalue weighted by Gasteiger charge is -2.16. The van der Waals surface area contributed by atoms with Gasteiger partial charge in [0.05, 0.1) is 6.10 Å². The SMILES string of the molecule is [CH2]C1OC(C)(C)OC1c1cnc(Cl)nc1. The largest absolute Gasteiger partial charge is 0.344 e. The molecule has 1 aromatic rings. The average molecular weight is 228 g/mol. The van der Waals surface area contributed by atoms with Crippen LogP contribution in [0.2, 0.25) is 5.28 Å². The van der Waals surface area contributed by atoms with Crippen LogP contribution < -0.4 is 0 Å². The fourth-order valence-corrected chi connectivity index (χ4v) is 1.69. The summed E-state index contributed by atoms with van der Waals surface area (Å²) in [5, 5.41) is 0.220. The van der Waals surface area contributed by atoms with E-state index in [9.17, 15) is 0 Å². The molecule has 1 fully saturated rings. The molecule has 1 aliphatic heterocycles. The van der Waals surface area contributed by atoms with E-state index < -0.39 is 5.79 Å². The highest BCUT2D eigenvalue weighted by atomic mass is 35.5. The van der Waals surface area contributed by atoms with Crippen molar-refractivity contribution in [2.75, 3.05) is 0 Å². The molecular formula is C10H12ClN2O2. The van der Waals surface area contributed by atoms with Crippen LogP contribution in [0.15, 0.2) is 12.4 Å². The number of ether oxygens (including phenoxy) is 2. The first-order chi connectivity index (χ1) is 6.98. The van der Waals surface area contributed by atoms with Crippen LogP contribution in [-0.4, -0.2) is 21.9 Å². The van der Waals surface area contributed by atoms with E-state index in [-0.39, 0.29) is 17.5 Å². The topological polar surface area (TPSA) is 44.2 Å². The van der Waals surface area contributed by atoms with Gasteiger partial charge in [-0.2, -0.15) is 0 Å². The van der Waals surface area contributed by atoms with E-state index in [1.165, 1.54) is 0 Å². The standard InChI is InChI=1S/C10H12ClN2O2/c1-6-8(15-10(2,3)14-6)7-4-12-9(11)13-5-7/h4-6,8H,1H2,2-3H3. The molecule has 0 amide bonds. The Hall–Kier alpha value is -0.710. The highest BCUT2D eigenvalue weighted by Gasteiger charge is 2.39. The predicted molar refractivity (Wildman–Crippen MR) is 55.2 cm³/mol. The van der Waals surface area contributed by atoms with Gasteiger partial charge in [-0.05, 0) is 32.4 Å². The summed E-state index contributed by atoms with van der Waals surface area (Å²) in [5.74, 6) is -0.614. The molecule has 5 heteroatoms. The maximum absolute atomic E-state index is 5.68. The third kappa shape index (κ3) is 2.27. The molecule has 0 aliphatic carbocycles. The Balaban J connectivity index is 2.21. The summed E-state index contributed by atoms with van der Waals surface area (Å²) < 4.78 is 11.2. The number of hydrogen-bond donors (Lipinski definition) is 0. The normalized spacial score (nSPS) is 29.3. The zero-order valence-electron chi connectivity index (χ0n) is 8.61. The van der Waals surface area contributed by atoms with Crippen LogP contribution in [0, 0.1) is 6.92 Å². The van der Waals surface area contributed by atoms with Crippen molar-refractivity contribution in [1.29, 1.82) is 0 Å². The molecule has 0 saturated carbocycles. The van der Waals surface area contributed by atoms with Crippen LogP contribution in [0.5, 0.6) is 0 Å². The Morgan fingerprint density at radius 3 is 2.40 bits per heavy atom. The van der Waals surface area contributed by atoms with Crippen LogP contribution in [0.25, 0.3) is 0 Å². The molecule has 1 radical (unpaired) electrons. The van der Waals surface area contributed by atoms with Crippen LogP contribution in [0.1, 0.15) is 25.5 Å². The highest BCUT2D eigenvalue weighted by molar-refractivity contribution is 6.28. The van der Waals surface area contributed by atoms with E-state index >= 15 is 0 Å². The van der Waals surface area contributed by atoms with Gasteiger partial charge in [0, 0.05) is 18.0 Å². The smallest absolute Gasteiger partial charge is 0.222 e. The molecule has 1 aliphatic rings. The fourth-order valence-electron chi connectivity index (χ4n) is 1.59. The lowest BCUT2D eigenvalue weighted by atomic mass is 10.1. The van der Waals surface area contributed by atoms with Gasteiger partial charge >= 0.3 is 0 Å². The molecule has 15 heavy (non-hydrogen) atoms. The monoisotopic (exact) mass is 227 g/mol. The third-order valence-electron chi connectivity index (χ3n) is 2.15. The van der Waals surface area contributed by atoms with Crippen LogP contribution >= 0.6 is 11.6 Å². The molecule has 0 N–H and O–H groups in total. The van der Waals surface area contributed by atoms with Gasteiger partial charge in [-0.25, -0.2) is 9.97 Å². The lowest BCUT2D eigenvalue weighted by molar-refractivity contribution is -0.143. The Labute approximate surface area is 93.6 Å². The molecule has 0 spiro atoms. The summed E-state index contributed by atoms with van der Waals surface area (Å²) >= 11 is 5.60. The minimum Gasteiger partial charge on any atom is -0.344 e. The van der Waals surface area contributed by atoms with Gasteiger partial charge in [-0.1, -0.05) is 0 Å². The number of halogens is 1. The first-order valence-corrected chi connectivity index (χ1v) is 5.02. The molecule has 2 unspecified atom stereocenters. The van der Waals surface area contributed by atoms with Crippen molar-refractivity contribution in [2.24, 2.45) is 0 Å². The first kappa shape index (κ1) is 10.8. The molecule has 0 bridgehead atoms.